The minimum atomic E-state index is -0.919. The number of benzene rings is 1. The van der Waals surface area contributed by atoms with Crippen molar-refractivity contribution < 1.29 is 14.3 Å². The molecule has 2 nitrogen and oxygen atoms in total. The summed E-state index contributed by atoms with van der Waals surface area (Å²) in [7, 11) is 0. The third-order valence-corrected chi connectivity index (χ3v) is 4.43. The lowest BCUT2D eigenvalue weighted by atomic mass is 10.3. The molecule has 0 amide bonds. The molecular weight excluding hydrogens is 259 g/mol. The number of carboxylic acid groups (broad SMARTS) is 1. The van der Waals surface area contributed by atoms with E-state index in [0.29, 0.717) is 15.5 Å². The molecule has 5 heteroatoms. The molecule has 2 rings (SSSR count). The van der Waals surface area contributed by atoms with Crippen LogP contribution in [0, 0.1) is 5.82 Å². The molecule has 0 spiro atoms. The SMILES string of the molecule is O=C(O)c1ccc(CSc2ccccc2F)s1. The summed E-state index contributed by atoms with van der Waals surface area (Å²) >= 11 is 2.59. The second-order valence-electron chi connectivity index (χ2n) is 3.29. The Hall–Kier alpha value is -1.33. The van der Waals surface area contributed by atoms with Crippen molar-refractivity contribution in [3.8, 4) is 0 Å². The highest BCUT2D eigenvalue weighted by Gasteiger charge is 2.08. The van der Waals surface area contributed by atoms with Crippen molar-refractivity contribution in [1.29, 1.82) is 0 Å². The average Bonchev–Trinajstić information content (AvgIpc) is 2.77. The van der Waals surface area contributed by atoms with Crippen molar-refractivity contribution >= 4 is 29.1 Å². The van der Waals surface area contributed by atoms with Crippen molar-refractivity contribution in [3.63, 3.8) is 0 Å². The maximum absolute atomic E-state index is 13.3. The van der Waals surface area contributed by atoms with Crippen molar-refractivity contribution in [3.05, 3.63) is 52.0 Å². The van der Waals surface area contributed by atoms with Gasteiger partial charge in [0.1, 0.15) is 10.7 Å². The lowest BCUT2D eigenvalue weighted by Crippen LogP contribution is -1.89. The van der Waals surface area contributed by atoms with Gasteiger partial charge in [0.25, 0.3) is 0 Å². The molecule has 0 saturated carbocycles. The monoisotopic (exact) mass is 268 g/mol. The molecule has 1 heterocycles. The van der Waals surface area contributed by atoms with Crippen LogP contribution in [-0.4, -0.2) is 11.1 Å². The first-order valence-corrected chi connectivity index (χ1v) is 6.66. The summed E-state index contributed by atoms with van der Waals surface area (Å²) in [5.74, 6) is -0.580. The highest BCUT2D eigenvalue weighted by molar-refractivity contribution is 7.98. The van der Waals surface area contributed by atoms with Crippen molar-refractivity contribution in [1.82, 2.24) is 0 Å². The van der Waals surface area contributed by atoms with Gasteiger partial charge in [-0.1, -0.05) is 12.1 Å². The molecule has 0 bridgehead atoms. The quantitative estimate of drug-likeness (QED) is 0.855. The maximum Gasteiger partial charge on any atom is 0.345 e. The smallest absolute Gasteiger partial charge is 0.345 e. The topological polar surface area (TPSA) is 37.3 Å². The minimum Gasteiger partial charge on any atom is -0.477 e. The van der Waals surface area contributed by atoms with E-state index in [1.165, 1.54) is 29.2 Å². The summed E-state index contributed by atoms with van der Waals surface area (Å²) in [6.45, 7) is 0. The Morgan fingerprint density at radius 2 is 2.06 bits per heavy atom. The van der Waals surface area contributed by atoms with Gasteiger partial charge in [-0.25, -0.2) is 9.18 Å². The summed E-state index contributed by atoms with van der Waals surface area (Å²) in [6, 6.07) is 9.90. The molecular formula is C12H9FO2S2. The Balaban J connectivity index is 2.02. The first-order chi connectivity index (χ1) is 8.16. The van der Waals surface area contributed by atoms with Crippen LogP contribution in [0.4, 0.5) is 4.39 Å². The van der Waals surface area contributed by atoms with Gasteiger partial charge in [0.2, 0.25) is 0 Å². The zero-order chi connectivity index (χ0) is 12.3. The van der Waals surface area contributed by atoms with E-state index in [-0.39, 0.29) is 5.82 Å². The van der Waals surface area contributed by atoms with Crippen LogP contribution in [0.15, 0.2) is 41.3 Å². The number of aromatic carboxylic acids is 1. The lowest BCUT2D eigenvalue weighted by Gasteiger charge is -2.00. The van der Waals surface area contributed by atoms with Crippen LogP contribution >= 0.6 is 23.1 Å². The van der Waals surface area contributed by atoms with E-state index >= 15 is 0 Å². The summed E-state index contributed by atoms with van der Waals surface area (Å²) in [5, 5.41) is 8.77. The van der Waals surface area contributed by atoms with Gasteiger partial charge in [-0.15, -0.1) is 23.1 Å². The zero-order valence-electron chi connectivity index (χ0n) is 8.72. The van der Waals surface area contributed by atoms with Crippen molar-refractivity contribution in [2.24, 2.45) is 0 Å². The van der Waals surface area contributed by atoms with Gasteiger partial charge in [0, 0.05) is 15.5 Å². The standard InChI is InChI=1S/C12H9FO2S2/c13-9-3-1-2-4-10(9)16-7-8-5-6-11(17-8)12(14)15/h1-6H,7H2,(H,14,15). The van der Waals surface area contributed by atoms with Crippen LogP contribution in [-0.2, 0) is 5.75 Å². The second kappa shape index (κ2) is 5.33. The summed E-state index contributed by atoms with van der Waals surface area (Å²) < 4.78 is 13.3. The molecule has 2 aromatic rings. The normalized spacial score (nSPS) is 10.4. The van der Waals surface area contributed by atoms with Gasteiger partial charge >= 0.3 is 5.97 Å². The molecule has 88 valence electrons. The fourth-order valence-electron chi connectivity index (χ4n) is 1.28. The number of thiophene rings is 1. The molecule has 0 radical (unpaired) electrons. The van der Waals surface area contributed by atoms with Crippen molar-refractivity contribution in [2.75, 3.05) is 0 Å². The van der Waals surface area contributed by atoms with Gasteiger partial charge < -0.3 is 5.11 Å². The van der Waals surface area contributed by atoms with Crippen LogP contribution in [0.3, 0.4) is 0 Å². The first-order valence-electron chi connectivity index (χ1n) is 4.86. The van der Waals surface area contributed by atoms with E-state index < -0.39 is 5.97 Å². The van der Waals surface area contributed by atoms with E-state index in [4.69, 9.17) is 5.11 Å². The predicted molar refractivity (Wildman–Crippen MR) is 67.2 cm³/mol. The molecule has 0 fully saturated rings. The van der Waals surface area contributed by atoms with Gasteiger partial charge in [-0.2, -0.15) is 0 Å². The number of rotatable bonds is 4. The van der Waals surface area contributed by atoms with Crippen LogP contribution < -0.4 is 0 Å². The second-order valence-corrected chi connectivity index (χ2v) is 5.48. The Labute approximate surface area is 106 Å². The summed E-state index contributed by atoms with van der Waals surface area (Å²) in [4.78, 5) is 12.5. The predicted octanol–water partition coefficient (Wildman–Crippen LogP) is 3.88. The van der Waals surface area contributed by atoms with E-state index in [2.05, 4.69) is 0 Å². The summed E-state index contributed by atoms with van der Waals surface area (Å²) in [5.41, 5.74) is 0. The average molecular weight is 268 g/mol. The highest BCUT2D eigenvalue weighted by atomic mass is 32.2. The molecule has 0 atom stereocenters. The van der Waals surface area contributed by atoms with Crippen LogP contribution in [0.5, 0.6) is 0 Å². The Morgan fingerprint density at radius 3 is 2.71 bits per heavy atom. The largest absolute Gasteiger partial charge is 0.477 e. The molecule has 0 aliphatic rings. The molecule has 1 N–H and O–H groups in total. The molecule has 0 aliphatic carbocycles. The van der Waals surface area contributed by atoms with Crippen LogP contribution in [0.25, 0.3) is 0 Å². The first kappa shape index (κ1) is 12.1. The Kier molecular flexibility index (Phi) is 3.81. The fraction of sp³-hybridized carbons (Fsp3) is 0.0833. The number of hydrogen-bond acceptors (Lipinski definition) is 3. The van der Waals surface area contributed by atoms with Crippen LogP contribution in [0.2, 0.25) is 0 Å². The van der Waals surface area contributed by atoms with E-state index in [9.17, 15) is 9.18 Å². The fourth-order valence-corrected chi connectivity index (χ4v) is 3.11. The third kappa shape index (κ3) is 3.08. The van der Waals surface area contributed by atoms with Crippen molar-refractivity contribution in [2.45, 2.75) is 10.6 Å². The number of thioether (sulfide) groups is 1. The van der Waals surface area contributed by atoms with E-state index in [0.717, 1.165) is 4.88 Å². The Bertz CT molecular complexity index is 537. The zero-order valence-corrected chi connectivity index (χ0v) is 10.4. The lowest BCUT2D eigenvalue weighted by molar-refractivity contribution is 0.0702. The molecule has 1 aromatic heterocycles. The van der Waals surface area contributed by atoms with Gasteiger partial charge in [-0.05, 0) is 24.3 Å². The summed E-state index contributed by atoms with van der Waals surface area (Å²) in [6.07, 6.45) is 0. The number of carbonyl (C=O) groups is 1. The molecule has 0 unspecified atom stereocenters. The molecule has 0 aliphatic heterocycles. The number of hydrogen-bond donors (Lipinski definition) is 1. The maximum atomic E-state index is 13.3. The molecule has 0 saturated heterocycles. The van der Waals surface area contributed by atoms with Gasteiger partial charge in [0.15, 0.2) is 0 Å². The Morgan fingerprint density at radius 1 is 1.29 bits per heavy atom. The highest BCUT2D eigenvalue weighted by Crippen LogP contribution is 2.28. The van der Waals surface area contributed by atoms with Gasteiger partial charge in [0.05, 0.1) is 0 Å². The van der Waals surface area contributed by atoms with Crippen LogP contribution in [0.1, 0.15) is 14.5 Å². The molecule has 17 heavy (non-hydrogen) atoms. The number of carboxylic acids is 1. The van der Waals surface area contributed by atoms with Gasteiger partial charge in [-0.3, -0.25) is 0 Å². The molecule has 1 aromatic carbocycles. The third-order valence-electron chi connectivity index (χ3n) is 2.08. The van der Waals surface area contributed by atoms with E-state index in [1.807, 2.05) is 0 Å². The number of halogens is 1. The minimum absolute atomic E-state index is 0.243. The van der Waals surface area contributed by atoms with E-state index in [1.54, 1.807) is 30.3 Å².